The van der Waals surface area contributed by atoms with E-state index in [-0.39, 0.29) is 5.56 Å². The van der Waals surface area contributed by atoms with E-state index in [4.69, 9.17) is 4.74 Å². The molecule has 0 fully saturated rings. The quantitative estimate of drug-likeness (QED) is 0.584. The van der Waals surface area contributed by atoms with Crippen LogP contribution >= 0.6 is 0 Å². The largest absolute Gasteiger partial charge is 0.497 e. The van der Waals surface area contributed by atoms with Crippen molar-refractivity contribution in [3.63, 3.8) is 0 Å². The van der Waals surface area contributed by atoms with Gasteiger partial charge in [0.25, 0.3) is 5.56 Å². The zero-order valence-corrected chi connectivity index (χ0v) is 13.7. The molecule has 4 rings (SSSR count). The van der Waals surface area contributed by atoms with Crippen LogP contribution in [0.25, 0.3) is 21.9 Å². The number of aryl methyl sites for hydroxylation is 1. The number of ether oxygens (including phenoxy) is 1. The summed E-state index contributed by atoms with van der Waals surface area (Å²) in [6, 6.07) is 9.24. The van der Waals surface area contributed by atoms with E-state index in [9.17, 15) is 4.79 Å². The Morgan fingerprint density at radius 1 is 1.32 bits per heavy atom. The summed E-state index contributed by atoms with van der Waals surface area (Å²) in [4.78, 5) is 24.5. The van der Waals surface area contributed by atoms with Gasteiger partial charge < -0.3 is 9.72 Å². The maximum absolute atomic E-state index is 12.8. The molecule has 7 heteroatoms. The van der Waals surface area contributed by atoms with Crippen LogP contribution in [0, 0.1) is 6.92 Å². The second-order valence-electron chi connectivity index (χ2n) is 5.57. The topological polar surface area (TPSA) is 85.2 Å². The van der Waals surface area contributed by atoms with Gasteiger partial charge in [-0.15, -0.1) is 0 Å². The Kier molecular flexibility index (Phi) is 3.53. The molecule has 0 radical (unpaired) electrons. The van der Waals surface area contributed by atoms with E-state index in [1.807, 2.05) is 30.3 Å². The lowest BCUT2D eigenvalue weighted by molar-refractivity contribution is 0.415. The Labute approximate surface area is 142 Å². The molecule has 7 nitrogen and oxygen atoms in total. The average molecular weight is 333 g/mol. The van der Waals surface area contributed by atoms with Crippen molar-refractivity contribution in [1.82, 2.24) is 19.6 Å². The number of nitrogens with zero attached hydrogens (tertiary/aromatic N) is 4. The first-order valence-corrected chi connectivity index (χ1v) is 7.71. The van der Waals surface area contributed by atoms with Crippen LogP contribution in [-0.2, 0) is 0 Å². The van der Waals surface area contributed by atoms with Gasteiger partial charge in [-0.2, -0.15) is 9.78 Å². The molecule has 0 aliphatic rings. The molecule has 3 heterocycles. The van der Waals surface area contributed by atoms with Crippen LogP contribution in [0.3, 0.4) is 0 Å². The van der Waals surface area contributed by atoms with E-state index >= 15 is 0 Å². The molecule has 0 amide bonds. The van der Waals surface area contributed by atoms with Crippen molar-refractivity contribution < 1.29 is 4.74 Å². The Bertz CT molecular complexity index is 1160. The first-order chi connectivity index (χ1) is 12.2. The standard InChI is InChI=1S/C18H15N5O2/c1-11-21-16-14-8-13(25-2)5-6-15(14)22-17(16)18(24)23(11)20-10-12-4-3-7-19-9-12/h3-10,22H,1-2H3/b20-10-. The van der Waals surface area contributed by atoms with E-state index < -0.39 is 0 Å². The van der Waals surface area contributed by atoms with Crippen LogP contribution in [0.1, 0.15) is 11.4 Å². The van der Waals surface area contributed by atoms with Crippen molar-refractivity contribution in [1.29, 1.82) is 0 Å². The van der Waals surface area contributed by atoms with Gasteiger partial charge in [0, 0.05) is 28.9 Å². The molecule has 1 N–H and O–H groups in total. The Balaban J connectivity index is 1.91. The van der Waals surface area contributed by atoms with Crippen LogP contribution in [0.5, 0.6) is 5.75 Å². The highest BCUT2D eigenvalue weighted by molar-refractivity contribution is 6.05. The van der Waals surface area contributed by atoms with Gasteiger partial charge in [-0.3, -0.25) is 9.78 Å². The maximum Gasteiger partial charge on any atom is 0.298 e. The SMILES string of the molecule is COc1ccc2[nH]c3c(=O)n(/N=C\c4cccnc4)c(C)nc3c2c1. The average Bonchev–Trinajstić information content (AvgIpc) is 3.00. The third kappa shape index (κ3) is 2.55. The fourth-order valence-corrected chi connectivity index (χ4v) is 2.73. The van der Waals surface area contributed by atoms with Crippen LogP contribution in [0.15, 0.2) is 52.6 Å². The minimum atomic E-state index is -0.252. The van der Waals surface area contributed by atoms with Gasteiger partial charge in [-0.1, -0.05) is 6.07 Å². The summed E-state index contributed by atoms with van der Waals surface area (Å²) in [6.45, 7) is 1.75. The predicted octanol–water partition coefficient (Wildman–Crippen LogP) is 2.47. The minimum absolute atomic E-state index is 0.252. The monoisotopic (exact) mass is 333 g/mol. The number of hydrogen-bond donors (Lipinski definition) is 1. The third-order valence-electron chi connectivity index (χ3n) is 3.97. The summed E-state index contributed by atoms with van der Waals surface area (Å²) in [5.74, 6) is 1.22. The molecule has 0 saturated carbocycles. The Morgan fingerprint density at radius 2 is 2.20 bits per heavy atom. The number of methoxy groups -OCH3 is 1. The molecule has 0 saturated heterocycles. The van der Waals surface area contributed by atoms with Gasteiger partial charge >= 0.3 is 0 Å². The van der Waals surface area contributed by atoms with Gasteiger partial charge in [0.1, 0.15) is 22.6 Å². The molecule has 3 aromatic heterocycles. The fraction of sp³-hybridized carbons (Fsp3) is 0.111. The zero-order valence-electron chi connectivity index (χ0n) is 13.7. The van der Waals surface area contributed by atoms with Gasteiger partial charge in [0.15, 0.2) is 0 Å². The number of aromatic nitrogens is 4. The smallest absolute Gasteiger partial charge is 0.298 e. The van der Waals surface area contributed by atoms with E-state index in [2.05, 4.69) is 20.1 Å². The van der Waals surface area contributed by atoms with Crippen LogP contribution in [-0.4, -0.2) is 33.0 Å². The number of pyridine rings is 1. The highest BCUT2D eigenvalue weighted by Crippen LogP contribution is 2.26. The molecule has 0 aliphatic heterocycles. The van der Waals surface area contributed by atoms with Crippen molar-refractivity contribution in [2.45, 2.75) is 6.92 Å². The number of aromatic amines is 1. The molecule has 0 spiro atoms. The molecule has 0 bridgehead atoms. The normalized spacial score (nSPS) is 11.6. The van der Waals surface area contributed by atoms with Crippen molar-refractivity contribution in [2.24, 2.45) is 5.10 Å². The molecular weight excluding hydrogens is 318 g/mol. The number of H-pyrrole nitrogens is 1. The highest BCUT2D eigenvalue weighted by atomic mass is 16.5. The molecule has 124 valence electrons. The molecule has 25 heavy (non-hydrogen) atoms. The molecule has 4 aromatic rings. The number of benzene rings is 1. The molecular formula is C18H15N5O2. The van der Waals surface area contributed by atoms with Gasteiger partial charge in [-0.25, -0.2) is 4.98 Å². The summed E-state index contributed by atoms with van der Waals surface area (Å²) >= 11 is 0. The number of hydrogen-bond acceptors (Lipinski definition) is 5. The summed E-state index contributed by atoms with van der Waals surface area (Å²) in [7, 11) is 1.61. The Morgan fingerprint density at radius 3 is 2.96 bits per heavy atom. The van der Waals surface area contributed by atoms with Crippen molar-refractivity contribution in [2.75, 3.05) is 7.11 Å². The summed E-state index contributed by atoms with van der Waals surface area (Å²) < 4.78 is 6.54. The van der Waals surface area contributed by atoms with Crippen LogP contribution in [0.2, 0.25) is 0 Å². The molecule has 0 unspecified atom stereocenters. The summed E-state index contributed by atoms with van der Waals surface area (Å²) in [6.07, 6.45) is 4.94. The van der Waals surface area contributed by atoms with E-state index in [1.54, 1.807) is 32.6 Å². The zero-order chi connectivity index (χ0) is 17.4. The molecule has 1 aromatic carbocycles. The fourth-order valence-electron chi connectivity index (χ4n) is 2.73. The van der Waals surface area contributed by atoms with E-state index in [0.29, 0.717) is 22.6 Å². The lowest BCUT2D eigenvalue weighted by atomic mass is 10.2. The highest BCUT2D eigenvalue weighted by Gasteiger charge is 2.13. The lowest BCUT2D eigenvalue weighted by Crippen LogP contribution is -2.20. The maximum atomic E-state index is 12.8. The number of fused-ring (bicyclic) bond motifs is 3. The first kappa shape index (κ1) is 15.1. The lowest BCUT2D eigenvalue weighted by Gasteiger charge is -2.03. The predicted molar refractivity (Wildman–Crippen MR) is 96.4 cm³/mol. The first-order valence-electron chi connectivity index (χ1n) is 7.71. The van der Waals surface area contributed by atoms with E-state index in [1.165, 1.54) is 4.68 Å². The van der Waals surface area contributed by atoms with Crippen molar-refractivity contribution in [3.05, 3.63) is 64.5 Å². The third-order valence-corrected chi connectivity index (χ3v) is 3.97. The molecule has 0 atom stereocenters. The minimum Gasteiger partial charge on any atom is -0.497 e. The van der Waals surface area contributed by atoms with Gasteiger partial charge in [-0.05, 0) is 31.2 Å². The van der Waals surface area contributed by atoms with Crippen LogP contribution < -0.4 is 10.3 Å². The number of nitrogens with one attached hydrogen (secondary N) is 1. The van der Waals surface area contributed by atoms with Crippen molar-refractivity contribution >= 4 is 28.2 Å². The van der Waals surface area contributed by atoms with Crippen molar-refractivity contribution in [3.8, 4) is 5.75 Å². The Hall–Kier alpha value is -3.48. The molecule has 0 aliphatic carbocycles. The van der Waals surface area contributed by atoms with Gasteiger partial charge in [0.2, 0.25) is 0 Å². The second-order valence-corrected chi connectivity index (χ2v) is 5.57. The van der Waals surface area contributed by atoms with Crippen LogP contribution in [0.4, 0.5) is 0 Å². The second kappa shape index (κ2) is 5.86. The summed E-state index contributed by atoms with van der Waals surface area (Å²) in [5, 5.41) is 5.11. The number of rotatable bonds is 3. The van der Waals surface area contributed by atoms with Gasteiger partial charge in [0.05, 0.1) is 13.3 Å². The summed E-state index contributed by atoms with van der Waals surface area (Å²) in [5.41, 5.74) is 2.41. The van der Waals surface area contributed by atoms with E-state index in [0.717, 1.165) is 16.5 Å².